The lowest BCUT2D eigenvalue weighted by molar-refractivity contribution is -0.0498. The van der Waals surface area contributed by atoms with Gasteiger partial charge in [0.25, 0.3) is 5.91 Å². The molecule has 1 aliphatic heterocycles. The molecule has 1 fully saturated rings. The van der Waals surface area contributed by atoms with E-state index in [9.17, 15) is 13.6 Å². The van der Waals surface area contributed by atoms with Gasteiger partial charge in [-0.1, -0.05) is 12.2 Å². The van der Waals surface area contributed by atoms with Gasteiger partial charge in [0, 0.05) is 12.1 Å². The molecule has 1 aromatic rings. The van der Waals surface area contributed by atoms with Crippen LogP contribution in [0.4, 0.5) is 8.78 Å². The SMILES string of the molecule is NC(=S)C1CN(C(=O)c2ccc(OC(F)F)cc2)CCO1. The van der Waals surface area contributed by atoms with E-state index in [0.717, 1.165) is 0 Å². The van der Waals surface area contributed by atoms with Crippen molar-refractivity contribution >= 4 is 23.1 Å². The summed E-state index contributed by atoms with van der Waals surface area (Å²) in [6.07, 6.45) is -0.459. The number of ether oxygens (including phenoxy) is 2. The van der Waals surface area contributed by atoms with Gasteiger partial charge < -0.3 is 20.1 Å². The zero-order chi connectivity index (χ0) is 15.4. The molecule has 5 nitrogen and oxygen atoms in total. The summed E-state index contributed by atoms with van der Waals surface area (Å²) in [5, 5.41) is 0. The van der Waals surface area contributed by atoms with E-state index in [1.54, 1.807) is 4.90 Å². The average Bonchev–Trinajstić information content (AvgIpc) is 2.47. The van der Waals surface area contributed by atoms with E-state index in [0.29, 0.717) is 18.7 Å². The molecule has 114 valence electrons. The maximum absolute atomic E-state index is 12.3. The summed E-state index contributed by atoms with van der Waals surface area (Å²) in [4.78, 5) is 14.1. The Hall–Kier alpha value is -1.80. The number of carbonyl (C=O) groups is 1. The molecule has 0 saturated carbocycles. The molecular formula is C13H14F2N2O3S. The predicted octanol–water partition coefficient (Wildman–Crippen LogP) is 1.42. The summed E-state index contributed by atoms with van der Waals surface area (Å²) in [6, 6.07) is 5.52. The fraction of sp³-hybridized carbons (Fsp3) is 0.385. The van der Waals surface area contributed by atoms with E-state index in [1.807, 2.05) is 0 Å². The van der Waals surface area contributed by atoms with Gasteiger partial charge >= 0.3 is 6.61 Å². The number of hydrogen-bond donors (Lipinski definition) is 1. The minimum absolute atomic E-state index is 0.00420. The number of rotatable bonds is 4. The van der Waals surface area contributed by atoms with Gasteiger partial charge in [0.2, 0.25) is 0 Å². The van der Waals surface area contributed by atoms with Crippen molar-refractivity contribution in [1.29, 1.82) is 0 Å². The second-order valence-electron chi connectivity index (χ2n) is 4.42. The predicted molar refractivity (Wildman–Crippen MR) is 75.5 cm³/mol. The highest BCUT2D eigenvalue weighted by molar-refractivity contribution is 7.80. The van der Waals surface area contributed by atoms with Gasteiger partial charge in [-0.05, 0) is 24.3 Å². The van der Waals surface area contributed by atoms with Crippen LogP contribution in [0.1, 0.15) is 10.4 Å². The van der Waals surface area contributed by atoms with E-state index in [2.05, 4.69) is 4.74 Å². The molecule has 1 amide bonds. The minimum atomic E-state index is -2.89. The van der Waals surface area contributed by atoms with Gasteiger partial charge in [0.05, 0.1) is 13.2 Å². The van der Waals surface area contributed by atoms with Crippen LogP contribution in [-0.2, 0) is 4.74 Å². The molecule has 1 aromatic carbocycles. The lowest BCUT2D eigenvalue weighted by Gasteiger charge is -2.32. The molecule has 0 radical (unpaired) electrons. The van der Waals surface area contributed by atoms with Crippen LogP contribution in [0.15, 0.2) is 24.3 Å². The third-order valence-corrected chi connectivity index (χ3v) is 3.26. The lowest BCUT2D eigenvalue weighted by atomic mass is 10.1. The van der Waals surface area contributed by atoms with E-state index in [4.69, 9.17) is 22.7 Å². The number of amides is 1. The Morgan fingerprint density at radius 1 is 1.43 bits per heavy atom. The monoisotopic (exact) mass is 316 g/mol. The molecular weight excluding hydrogens is 302 g/mol. The van der Waals surface area contributed by atoms with Gasteiger partial charge in [0.15, 0.2) is 0 Å². The van der Waals surface area contributed by atoms with Gasteiger partial charge in [-0.15, -0.1) is 0 Å². The summed E-state index contributed by atoms with van der Waals surface area (Å²) >= 11 is 4.86. The van der Waals surface area contributed by atoms with Crippen LogP contribution in [0.2, 0.25) is 0 Å². The second kappa shape index (κ2) is 6.77. The van der Waals surface area contributed by atoms with Gasteiger partial charge in [-0.2, -0.15) is 8.78 Å². The van der Waals surface area contributed by atoms with Crippen LogP contribution >= 0.6 is 12.2 Å². The van der Waals surface area contributed by atoms with Crippen molar-refractivity contribution in [2.24, 2.45) is 5.73 Å². The first kappa shape index (κ1) is 15.6. The van der Waals surface area contributed by atoms with Crippen LogP contribution in [0.25, 0.3) is 0 Å². The zero-order valence-corrected chi connectivity index (χ0v) is 11.8. The van der Waals surface area contributed by atoms with Crippen molar-refractivity contribution < 1.29 is 23.0 Å². The number of nitrogens with two attached hydrogens (primary N) is 1. The van der Waals surface area contributed by atoms with Gasteiger partial charge in [0.1, 0.15) is 16.8 Å². The van der Waals surface area contributed by atoms with Crippen molar-refractivity contribution in [2.75, 3.05) is 19.7 Å². The van der Waals surface area contributed by atoms with Gasteiger partial charge in [-0.25, -0.2) is 0 Å². The smallest absolute Gasteiger partial charge is 0.387 e. The summed E-state index contributed by atoms with van der Waals surface area (Å²) in [5.74, 6) is -0.229. The first-order chi connectivity index (χ1) is 9.97. The number of nitrogens with zero attached hydrogens (tertiary/aromatic N) is 1. The topological polar surface area (TPSA) is 64.8 Å². The minimum Gasteiger partial charge on any atom is -0.435 e. The third-order valence-electron chi connectivity index (χ3n) is 3.00. The molecule has 1 unspecified atom stereocenters. The number of hydrogen-bond acceptors (Lipinski definition) is 4. The van der Waals surface area contributed by atoms with Crippen LogP contribution in [0, 0.1) is 0 Å². The Kier molecular flexibility index (Phi) is 5.03. The summed E-state index contributed by atoms with van der Waals surface area (Å²) in [7, 11) is 0. The van der Waals surface area contributed by atoms with E-state index in [-0.39, 0.29) is 23.2 Å². The number of benzene rings is 1. The Morgan fingerprint density at radius 3 is 2.67 bits per heavy atom. The largest absolute Gasteiger partial charge is 0.435 e. The summed E-state index contributed by atoms with van der Waals surface area (Å²) < 4.78 is 33.7. The van der Waals surface area contributed by atoms with Crippen molar-refractivity contribution in [3.8, 4) is 5.75 Å². The fourth-order valence-electron chi connectivity index (χ4n) is 1.97. The number of alkyl halides is 2. The standard InChI is InChI=1S/C13H14F2N2O3S/c14-13(15)20-9-3-1-8(2-4-9)12(18)17-5-6-19-10(7-17)11(16)21/h1-4,10,13H,5-7H2,(H2,16,21). The van der Waals surface area contributed by atoms with Crippen LogP contribution in [-0.4, -0.2) is 48.2 Å². The Bertz CT molecular complexity index is 525. The maximum atomic E-state index is 12.3. The van der Waals surface area contributed by atoms with E-state index >= 15 is 0 Å². The molecule has 0 aromatic heterocycles. The van der Waals surface area contributed by atoms with Crippen molar-refractivity contribution in [3.05, 3.63) is 29.8 Å². The van der Waals surface area contributed by atoms with Crippen molar-refractivity contribution in [2.45, 2.75) is 12.7 Å². The van der Waals surface area contributed by atoms with E-state index in [1.165, 1.54) is 24.3 Å². The molecule has 2 N–H and O–H groups in total. The average molecular weight is 316 g/mol. The summed E-state index contributed by atoms with van der Waals surface area (Å²) in [5.41, 5.74) is 5.89. The molecule has 0 spiro atoms. The van der Waals surface area contributed by atoms with Gasteiger partial charge in [-0.3, -0.25) is 4.79 Å². The summed E-state index contributed by atoms with van der Waals surface area (Å²) in [6.45, 7) is -1.84. The quantitative estimate of drug-likeness (QED) is 0.851. The number of carbonyl (C=O) groups excluding carboxylic acids is 1. The van der Waals surface area contributed by atoms with Crippen molar-refractivity contribution in [1.82, 2.24) is 4.90 Å². The highest BCUT2D eigenvalue weighted by Gasteiger charge is 2.26. The van der Waals surface area contributed by atoms with Crippen molar-refractivity contribution in [3.63, 3.8) is 0 Å². The Morgan fingerprint density at radius 2 is 2.10 bits per heavy atom. The second-order valence-corrected chi connectivity index (χ2v) is 4.89. The highest BCUT2D eigenvalue weighted by atomic mass is 32.1. The fourth-order valence-corrected chi connectivity index (χ4v) is 2.11. The molecule has 2 rings (SSSR count). The molecule has 1 saturated heterocycles. The third kappa shape index (κ3) is 4.08. The molecule has 0 aliphatic carbocycles. The normalized spacial score (nSPS) is 18.6. The number of morpholine rings is 1. The zero-order valence-electron chi connectivity index (χ0n) is 11.0. The lowest BCUT2D eigenvalue weighted by Crippen LogP contribution is -2.49. The molecule has 1 heterocycles. The Balaban J connectivity index is 2.03. The Labute approximate surface area is 125 Å². The highest BCUT2D eigenvalue weighted by Crippen LogP contribution is 2.17. The van der Waals surface area contributed by atoms with Crippen LogP contribution < -0.4 is 10.5 Å². The van der Waals surface area contributed by atoms with Crippen LogP contribution in [0.3, 0.4) is 0 Å². The first-order valence-electron chi connectivity index (χ1n) is 6.22. The number of thiocarbonyl (C=S) groups is 1. The molecule has 21 heavy (non-hydrogen) atoms. The molecule has 1 atom stereocenters. The first-order valence-corrected chi connectivity index (χ1v) is 6.63. The van der Waals surface area contributed by atoms with Crippen LogP contribution in [0.5, 0.6) is 5.75 Å². The molecule has 1 aliphatic rings. The maximum Gasteiger partial charge on any atom is 0.387 e. The molecule has 8 heteroatoms. The van der Waals surface area contributed by atoms with E-state index < -0.39 is 12.7 Å². The molecule has 0 bridgehead atoms. The number of halogens is 2.